The molecule has 132 valence electrons. The first kappa shape index (κ1) is 17.0. The second-order valence-electron chi connectivity index (χ2n) is 5.79. The van der Waals surface area contributed by atoms with Gasteiger partial charge in [-0.1, -0.05) is 25.8 Å². The lowest BCUT2D eigenvalue weighted by Gasteiger charge is -2.07. The summed E-state index contributed by atoms with van der Waals surface area (Å²) in [6.07, 6.45) is 6.25. The van der Waals surface area contributed by atoms with Crippen LogP contribution in [0.1, 0.15) is 42.2 Å². The monoisotopic (exact) mass is 342 g/mol. The van der Waals surface area contributed by atoms with Crippen LogP contribution in [0, 0.1) is 0 Å². The Hall–Kier alpha value is -2.83. The van der Waals surface area contributed by atoms with Crippen LogP contribution >= 0.6 is 0 Å². The summed E-state index contributed by atoms with van der Waals surface area (Å²) in [5.41, 5.74) is 1.37. The minimum absolute atomic E-state index is 0.189. The van der Waals surface area contributed by atoms with Gasteiger partial charge < -0.3 is 20.1 Å². The van der Waals surface area contributed by atoms with Crippen molar-refractivity contribution >= 4 is 11.7 Å². The average Bonchev–Trinajstić information content (AvgIpc) is 3.11. The smallest absolute Gasteiger partial charge is 0.271 e. The molecule has 0 aliphatic carbocycles. The largest absolute Gasteiger partial charge is 0.454 e. The SMILES string of the molecule is CCCCCNC(=O)c1cnc(NCc2ccc3c(c2)OCO3)cn1. The molecule has 7 heteroatoms. The van der Waals surface area contributed by atoms with Gasteiger partial charge in [0.05, 0.1) is 12.4 Å². The molecule has 0 fully saturated rings. The number of carbonyl (C=O) groups is 1. The van der Waals surface area contributed by atoms with Crippen LogP contribution in [0.2, 0.25) is 0 Å². The Morgan fingerprint density at radius 3 is 2.84 bits per heavy atom. The zero-order valence-corrected chi connectivity index (χ0v) is 14.2. The number of nitrogens with zero attached hydrogens (tertiary/aromatic N) is 2. The van der Waals surface area contributed by atoms with Crippen molar-refractivity contribution in [1.29, 1.82) is 0 Å². The molecular weight excluding hydrogens is 320 g/mol. The summed E-state index contributed by atoms with van der Waals surface area (Å²) in [6.45, 7) is 3.63. The number of carbonyl (C=O) groups excluding carboxylic acids is 1. The summed E-state index contributed by atoms with van der Waals surface area (Å²) in [6, 6.07) is 5.78. The van der Waals surface area contributed by atoms with Gasteiger partial charge in [-0.05, 0) is 24.1 Å². The van der Waals surface area contributed by atoms with E-state index in [4.69, 9.17) is 9.47 Å². The summed E-state index contributed by atoms with van der Waals surface area (Å²) in [5.74, 6) is 1.93. The third-order valence-corrected chi connectivity index (χ3v) is 3.86. The number of ether oxygens (including phenoxy) is 2. The van der Waals surface area contributed by atoms with E-state index in [0.717, 1.165) is 36.3 Å². The Kier molecular flexibility index (Phi) is 5.66. The molecular formula is C18H22N4O3. The molecule has 1 aliphatic heterocycles. The molecule has 0 bridgehead atoms. The zero-order valence-electron chi connectivity index (χ0n) is 14.2. The summed E-state index contributed by atoms with van der Waals surface area (Å²) >= 11 is 0. The molecule has 0 saturated heterocycles. The van der Waals surface area contributed by atoms with E-state index < -0.39 is 0 Å². The first-order chi connectivity index (χ1) is 12.3. The Labute approximate surface area is 146 Å². The maximum Gasteiger partial charge on any atom is 0.271 e. The number of benzene rings is 1. The maximum absolute atomic E-state index is 11.9. The van der Waals surface area contributed by atoms with Gasteiger partial charge in [0.25, 0.3) is 5.91 Å². The number of unbranched alkanes of at least 4 members (excludes halogenated alkanes) is 2. The van der Waals surface area contributed by atoms with Crippen molar-refractivity contribution in [3.8, 4) is 11.5 Å². The fourth-order valence-electron chi connectivity index (χ4n) is 2.45. The number of hydrogen-bond acceptors (Lipinski definition) is 6. The molecule has 2 N–H and O–H groups in total. The van der Waals surface area contributed by atoms with Crippen molar-refractivity contribution in [2.75, 3.05) is 18.7 Å². The van der Waals surface area contributed by atoms with Crippen molar-refractivity contribution in [2.45, 2.75) is 32.7 Å². The van der Waals surface area contributed by atoms with Crippen molar-refractivity contribution in [2.24, 2.45) is 0 Å². The number of rotatable bonds is 8. The molecule has 1 amide bonds. The lowest BCUT2D eigenvalue weighted by Crippen LogP contribution is -2.25. The minimum atomic E-state index is -0.189. The summed E-state index contributed by atoms with van der Waals surface area (Å²) < 4.78 is 10.6. The van der Waals surface area contributed by atoms with Gasteiger partial charge in [0.15, 0.2) is 11.5 Å². The second kappa shape index (κ2) is 8.32. The highest BCUT2D eigenvalue weighted by atomic mass is 16.7. The number of amides is 1. The van der Waals surface area contributed by atoms with Crippen molar-refractivity contribution in [3.05, 3.63) is 41.9 Å². The molecule has 0 atom stereocenters. The van der Waals surface area contributed by atoms with Crippen LogP contribution in [0.15, 0.2) is 30.6 Å². The quantitative estimate of drug-likeness (QED) is 0.718. The lowest BCUT2D eigenvalue weighted by molar-refractivity contribution is 0.0947. The van der Waals surface area contributed by atoms with E-state index in [0.29, 0.717) is 24.6 Å². The van der Waals surface area contributed by atoms with Crippen LogP contribution in [0.5, 0.6) is 11.5 Å². The zero-order chi connectivity index (χ0) is 17.5. The number of fused-ring (bicyclic) bond motifs is 1. The standard InChI is InChI=1S/C18H22N4O3/c1-2-3-4-7-19-18(23)14-10-22-17(11-20-14)21-9-13-5-6-15-16(8-13)25-12-24-15/h5-6,8,10-11H,2-4,7,9,12H2,1H3,(H,19,23)(H,21,22). The Bertz CT molecular complexity index is 719. The van der Waals surface area contributed by atoms with Crippen molar-refractivity contribution in [1.82, 2.24) is 15.3 Å². The van der Waals surface area contributed by atoms with Crippen LogP contribution in [-0.2, 0) is 6.54 Å². The predicted molar refractivity (Wildman–Crippen MR) is 93.8 cm³/mol. The van der Waals surface area contributed by atoms with E-state index in [1.807, 2.05) is 18.2 Å². The van der Waals surface area contributed by atoms with Crippen LogP contribution in [0.3, 0.4) is 0 Å². The number of hydrogen-bond donors (Lipinski definition) is 2. The van der Waals surface area contributed by atoms with Gasteiger partial charge in [0.1, 0.15) is 11.5 Å². The number of aromatic nitrogens is 2. The first-order valence-corrected chi connectivity index (χ1v) is 8.49. The van der Waals surface area contributed by atoms with Gasteiger partial charge >= 0.3 is 0 Å². The normalized spacial score (nSPS) is 12.0. The van der Waals surface area contributed by atoms with Crippen LogP contribution in [0.25, 0.3) is 0 Å². The highest BCUT2D eigenvalue weighted by molar-refractivity contribution is 5.91. The van der Waals surface area contributed by atoms with Crippen molar-refractivity contribution in [3.63, 3.8) is 0 Å². The Balaban J connectivity index is 1.50. The first-order valence-electron chi connectivity index (χ1n) is 8.49. The van der Waals surface area contributed by atoms with Crippen molar-refractivity contribution < 1.29 is 14.3 Å². The van der Waals surface area contributed by atoms with E-state index in [-0.39, 0.29) is 12.7 Å². The molecule has 1 aliphatic rings. The fourth-order valence-corrected chi connectivity index (χ4v) is 2.45. The maximum atomic E-state index is 11.9. The van der Waals surface area contributed by atoms with Crippen LogP contribution in [-0.4, -0.2) is 29.2 Å². The molecule has 7 nitrogen and oxygen atoms in total. The molecule has 3 rings (SSSR count). The van der Waals surface area contributed by atoms with E-state index in [1.54, 1.807) is 6.20 Å². The summed E-state index contributed by atoms with van der Waals surface area (Å²) in [7, 11) is 0. The van der Waals surface area contributed by atoms with Gasteiger partial charge in [-0.3, -0.25) is 4.79 Å². The third-order valence-electron chi connectivity index (χ3n) is 3.86. The lowest BCUT2D eigenvalue weighted by atomic mass is 10.2. The van der Waals surface area contributed by atoms with E-state index >= 15 is 0 Å². The second-order valence-corrected chi connectivity index (χ2v) is 5.79. The highest BCUT2D eigenvalue weighted by Gasteiger charge is 2.13. The Morgan fingerprint density at radius 2 is 2.04 bits per heavy atom. The molecule has 0 radical (unpaired) electrons. The van der Waals surface area contributed by atoms with Crippen LogP contribution < -0.4 is 20.1 Å². The Morgan fingerprint density at radius 1 is 1.16 bits per heavy atom. The fraction of sp³-hybridized carbons (Fsp3) is 0.389. The molecule has 1 aromatic carbocycles. The molecule has 0 saturated carbocycles. The average molecular weight is 342 g/mol. The highest BCUT2D eigenvalue weighted by Crippen LogP contribution is 2.32. The number of nitrogens with one attached hydrogen (secondary N) is 2. The molecule has 0 unspecified atom stereocenters. The predicted octanol–water partition coefficient (Wildman–Crippen LogP) is 2.74. The van der Waals surface area contributed by atoms with E-state index in [2.05, 4.69) is 27.5 Å². The van der Waals surface area contributed by atoms with E-state index in [9.17, 15) is 4.79 Å². The molecule has 2 aromatic rings. The molecule has 0 spiro atoms. The van der Waals surface area contributed by atoms with Crippen LogP contribution in [0.4, 0.5) is 5.82 Å². The van der Waals surface area contributed by atoms with Gasteiger partial charge in [0, 0.05) is 13.1 Å². The molecule has 2 heterocycles. The third kappa shape index (κ3) is 4.59. The van der Waals surface area contributed by atoms with Gasteiger partial charge in [0.2, 0.25) is 6.79 Å². The van der Waals surface area contributed by atoms with Gasteiger partial charge in [-0.2, -0.15) is 0 Å². The topological polar surface area (TPSA) is 85.4 Å². The summed E-state index contributed by atoms with van der Waals surface area (Å²) in [4.78, 5) is 20.4. The van der Waals surface area contributed by atoms with Gasteiger partial charge in [-0.15, -0.1) is 0 Å². The van der Waals surface area contributed by atoms with Gasteiger partial charge in [-0.25, -0.2) is 9.97 Å². The summed E-state index contributed by atoms with van der Waals surface area (Å²) in [5, 5.41) is 6.02. The van der Waals surface area contributed by atoms with E-state index in [1.165, 1.54) is 6.20 Å². The molecule has 25 heavy (non-hydrogen) atoms. The minimum Gasteiger partial charge on any atom is -0.454 e. The number of anilines is 1. The molecule has 1 aromatic heterocycles.